The topological polar surface area (TPSA) is 68.5 Å². The maximum Gasteiger partial charge on any atom is 0.224 e. The van der Waals surface area contributed by atoms with E-state index < -0.39 is 0 Å². The number of nitrogens with one attached hydrogen (secondary N) is 1. The third kappa shape index (κ3) is 3.29. The molecule has 0 saturated carbocycles. The van der Waals surface area contributed by atoms with Crippen LogP contribution in [0.1, 0.15) is 25.6 Å². The molecule has 2 heterocycles. The highest BCUT2D eigenvalue weighted by Crippen LogP contribution is 2.12. The minimum atomic E-state index is -0.0236. The number of anilines is 1. The summed E-state index contributed by atoms with van der Waals surface area (Å²) < 4.78 is 6.97. The first-order chi connectivity index (χ1) is 9.10. The monoisotopic (exact) mass is 262 g/mol. The molecule has 102 valence electrons. The Morgan fingerprint density at radius 3 is 3.05 bits per heavy atom. The molecule has 0 spiro atoms. The number of amides is 1. The van der Waals surface area contributed by atoms with Crippen molar-refractivity contribution in [2.45, 2.75) is 32.8 Å². The highest BCUT2D eigenvalue weighted by Gasteiger charge is 2.07. The number of fused-ring (bicyclic) bond motifs is 1. The van der Waals surface area contributed by atoms with Gasteiger partial charge in [0.05, 0.1) is 6.10 Å². The number of aryl methyl sites for hydroxylation is 1. The first-order valence-corrected chi connectivity index (χ1v) is 6.24. The maximum atomic E-state index is 11.8. The fourth-order valence-corrected chi connectivity index (χ4v) is 1.76. The molecule has 1 amide bonds. The predicted molar refractivity (Wildman–Crippen MR) is 72.1 cm³/mol. The maximum absolute atomic E-state index is 11.8. The van der Waals surface area contributed by atoms with E-state index in [1.54, 1.807) is 13.2 Å². The molecule has 0 radical (unpaired) electrons. The number of pyridine rings is 1. The third-order valence-corrected chi connectivity index (χ3v) is 3.04. The molecule has 1 atom stereocenters. The largest absolute Gasteiger partial charge is 0.382 e. The molecule has 0 saturated heterocycles. The van der Waals surface area contributed by atoms with E-state index in [0.29, 0.717) is 12.8 Å². The van der Waals surface area contributed by atoms with Crippen molar-refractivity contribution in [3.63, 3.8) is 0 Å². The second-order valence-corrected chi connectivity index (χ2v) is 4.52. The number of nitrogens with zero attached hydrogens (tertiary/aromatic N) is 3. The van der Waals surface area contributed by atoms with Crippen LogP contribution in [0.4, 0.5) is 5.69 Å². The van der Waals surface area contributed by atoms with Gasteiger partial charge in [-0.05, 0) is 26.3 Å². The second kappa shape index (κ2) is 5.79. The normalized spacial score (nSPS) is 12.6. The van der Waals surface area contributed by atoms with E-state index in [0.717, 1.165) is 17.2 Å². The molecule has 0 fully saturated rings. The molecular formula is C13H18N4O2. The van der Waals surface area contributed by atoms with Crippen LogP contribution in [0.5, 0.6) is 0 Å². The minimum Gasteiger partial charge on any atom is -0.382 e. The van der Waals surface area contributed by atoms with E-state index in [2.05, 4.69) is 15.5 Å². The summed E-state index contributed by atoms with van der Waals surface area (Å²) in [6, 6.07) is 3.64. The number of ether oxygens (including phenoxy) is 1. The molecule has 0 bridgehead atoms. The van der Waals surface area contributed by atoms with Crippen LogP contribution in [0.25, 0.3) is 5.65 Å². The van der Waals surface area contributed by atoms with Crippen LogP contribution in [-0.4, -0.2) is 33.7 Å². The van der Waals surface area contributed by atoms with Crippen molar-refractivity contribution in [2.75, 3.05) is 12.4 Å². The summed E-state index contributed by atoms with van der Waals surface area (Å²) in [5.41, 5.74) is 1.45. The number of hydrogen-bond acceptors (Lipinski definition) is 4. The summed E-state index contributed by atoms with van der Waals surface area (Å²) in [5, 5.41) is 10.8. The molecule has 19 heavy (non-hydrogen) atoms. The average Bonchev–Trinajstić information content (AvgIpc) is 2.77. The summed E-state index contributed by atoms with van der Waals surface area (Å²) >= 11 is 0. The van der Waals surface area contributed by atoms with Gasteiger partial charge in [-0.25, -0.2) is 0 Å². The fourth-order valence-electron chi connectivity index (χ4n) is 1.76. The van der Waals surface area contributed by atoms with Gasteiger partial charge < -0.3 is 10.1 Å². The number of hydrogen-bond donors (Lipinski definition) is 1. The lowest BCUT2D eigenvalue weighted by Crippen LogP contribution is -2.15. The van der Waals surface area contributed by atoms with Gasteiger partial charge in [0, 0.05) is 31.5 Å². The smallest absolute Gasteiger partial charge is 0.224 e. The predicted octanol–water partition coefficient (Wildman–Crippen LogP) is 1.79. The number of methoxy groups -OCH3 is 1. The SMILES string of the molecule is COC(C)CCC(=O)Nc1ccn2c(C)nnc2c1. The van der Waals surface area contributed by atoms with Crippen LogP contribution in [-0.2, 0) is 9.53 Å². The molecule has 1 N–H and O–H groups in total. The van der Waals surface area contributed by atoms with Crippen molar-refractivity contribution >= 4 is 17.2 Å². The van der Waals surface area contributed by atoms with E-state index in [-0.39, 0.29) is 12.0 Å². The summed E-state index contributed by atoms with van der Waals surface area (Å²) in [6.45, 7) is 3.82. The Morgan fingerprint density at radius 1 is 1.53 bits per heavy atom. The van der Waals surface area contributed by atoms with Crippen LogP contribution in [0.2, 0.25) is 0 Å². The molecule has 6 heteroatoms. The molecule has 2 aromatic rings. The van der Waals surface area contributed by atoms with E-state index in [1.165, 1.54) is 0 Å². The summed E-state index contributed by atoms with van der Waals surface area (Å²) in [6.07, 6.45) is 3.07. The minimum absolute atomic E-state index is 0.0236. The van der Waals surface area contributed by atoms with Crippen LogP contribution in [0, 0.1) is 6.92 Å². The first-order valence-electron chi connectivity index (χ1n) is 6.24. The Labute approximate surface area is 111 Å². The van der Waals surface area contributed by atoms with E-state index >= 15 is 0 Å². The Kier molecular flexibility index (Phi) is 4.11. The zero-order chi connectivity index (χ0) is 13.8. The van der Waals surface area contributed by atoms with Gasteiger partial charge in [-0.3, -0.25) is 9.20 Å². The lowest BCUT2D eigenvalue weighted by atomic mass is 10.2. The van der Waals surface area contributed by atoms with Crippen LogP contribution >= 0.6 is 0 Å². The number of carbonyl (C=O) groups is 1. The van der Waals surface area contributed by atoms with Crippen molar-refractivity contribution in [1.29, 1.82) is 0 Å². The van der Waals surface area contributed by atoms with Crippen molar-refractivity contribution in [3.05, 3.63) is 24.2 Å². The molecule has 6 nitrogen and oxygen atoms in total. The van der Waals surface area contributed by atoms with Crippen molar-refractivity contribution in [3.8, 4) is 0 Å². The molecule has 2 rings (SSSR count). The molecule has 0 aromatic carbocycles. The van der Waals surface area contributed by atoms with Crippen LogP contribution < -0.4 is 5.32 Å². The van der Waals surface area contributed by atoms with Gasteiger partial charge >= 0.3 is 0 Å². The van der Waals surface area contributed by atoms with Crippen molar-refractivity contribution in [1.82, 2.24) is 14.6 Å². The summed E-state index contributed by atoms with van der Waals surface area (Å²) in [4.78, 5) is 11.8. The van der Waals surface area contributed by atoms with Gasteiger partial charge in [0.15, 0.2) is 5.65 Å². The summed E-state index contributed by atoms with van der Waals surface area (Å²) in [7, 11) is 1.64. The van der Waals surface area contributed by atoms with Gasteiger partial charge in [0.1, 0.15) is 5.82 Å². The number of rotatable bonds is 5. The lowest BCUT2D eigenvalue weighted by molar-refractivity contribution is -0.116. The molecule has 2 aromatic heterocycles. The Hall–Kier alpha value is -1.95. The first kappa shape index (κ1) is 13.5. The van der Waals surface area contributed by atoms with Gasteiger partial charge in [-0.1, -0.05) is 0 Å². The number of carbonyl (C=O) groups excluding carboxylic acids is 1. The quantitative estimate of drug-likeness (QED) is 0.892. The van der Waals surface area contributed by atoms with E-state index in [9.17, 15) is 4.79 Å². The van der Waals surface area contributed by atoms with Gasteiger partial charge in [-0.2, -0.15) is 0 Å². The van der Waals surface area contributed by atoms with Gasteiger partial charge in [-0.15, -0.1) is 10.2 Å². The Bertz CT molecular complexity index is 579. The Balaban J connectivity index is 1.99. The molecule has 0 aliphatic heterocycles. The molecule has 1 unspecified atom stereocenters. The van der Waals surface area contributed by atoms with Crippen LogP contribution in [0.15, 0.2) is 18.3 Å². The lowest BCUT2D eigenvalue weighted by Gasteiger charge is -2.09. The van der Waals surface area contributed by atoms with E-state index in [4.69, 9.17) is 4.74 Å². The second-order valence-electron chi connectivity index (χ2n) is 4.52. The van der Waals surface area contributed by atoms with Crippen LogP contribution in [0.3, 0.4) is 0 Å². The van der Waals surface area contributed by atoms with Gasteiger partial charge in [0.25, 0.3) is 0 Å². The standard InChI is InChI=1S/C13H18N4O2/c1-9(19-3)4-5-13(18)14-11-6-7-17-10(2)15-16-12(17)8-11/h6-9H,4-5H2,1-3H3,(H,14,18). The molecular weight excluding hydrogens is 244 g/mol. The van der Waals surface area contributed by atoms with Crippen molar-refractivity contribution < 1.29 is 9.53 Å². The highest BCUT2D eigenvalue weighted by atomic mass is 16.5. The molecule has 0 aliphatic carbocycles. The average molecular weight is 262 g/mol. The Morgan fingerprint density at radius 2 is 2.32 bits per heavy atom. The summed E-state index contributed by atoms with van der Waals surface area (Å²) in [5.74, 6) is 0.797. The van der Waals surface area contributed by atoms with E-state index in [1.807, 2.05) is 30.5 Å². The zero-order valence-electron chi connectivity index (χ0n) is 11.4. The van der Waals surface area contributed by atoms with Gasteiger partial charge in [0.2, 0.25) is 5.91 Å². The van der Waals surface area contributed by atoms with Crippen molar-refractivity contribution in [2.24, 2.45) is 0 Å². The molecule has 0 aliphatic rings. The zero-order valence-corrected chi connectivity index (χ0v) is 11.4. The number of aromatic nitrogens is 3. The third-order valence-electron chi connectivity index (χ3n) is 3.04. The highest BCUT2D eigenvalue weighted by molar-refractivity contribution is 5.91. The fraction of sp³-hybridized carbons (Fsp3) is 0.462.